The Morgan fingerprint density at radius 1 is 1.18 bits per heavy atom. The molecule has 0 aliphatic carbocycles. The van der Waals surface area contributed by atoms with Gasteiger partial charge in [0.1, 0.15) is 5.02 Å². The molecule has 0 bridgehead atoms. The van der Waals surface area contributed by atoms with Crippen LogP contribution < -0.4 is 20.5 Å². The van der Waals surface area contributed by atoms with Crippen molar-refractivity contribution in [3.05, 3.63) is 39.1 Å². The van der Waals surface area contributed by atoms with E-state index in [1.807, 2.05) is 0 Å². The van der Waals surface area contributed by atoms with Gasteiger partial charge in [0.2, 0.25) is 0 Å². The largest absolute Gasteiger partial charge is 0.586 e. The number of nitrogens with zero attached hydrogens (tertiary/aromatic N) is 1. The number of carbonyl (C=O) groups excluding carboxylic acids is 2. The van der Waals surface area contributed by atoms with Gasteiger partial charge >= 0.3 is 12.3 Å². The van der Waals surface area contributed by atoms with Gasteiger partial charge in [-0.1, -0.05) is 34.8 Å². The van der Waals surface area contributed by atoms with Crippen molar-refractivity contribution in [2.24, 2.45) is 0 Å². The van der Waals surface area contributed by atoms with Gasteiger partial charge in [0.25, 0.3) is 5.91 Å². The van der Waals surface area contributed by atoms with E-state index >= 15 is 0 Å². The zero-order chi connectivity index (χ0) is 20.6. The van der Waals surface area contributed by atoms with Crippen LogP contribution in [-0.2, 0) is 9.53 Å². The minimum Gasteiger partial charge on any atom is -0.451 e. The predicted octanol–water partition coefficient (Wildman–Crippen LogP) is 3.74. The van der Waals surface area contributed by atoms with Crippen LogP contribution in [0.2, 0.25) is 15.2 Å². The third-order valence-electron chi connectivity index (χ3n) is 3.28. The number of anilines is 2. The van der Waals surface area contributed by atoms with Gasteiger partial charge in [0.15, 0.2) is 29.0 Å². The highest BCUT2D eigenvalue weighted by molar-refractivity contribution is 6.46. The summed E-state index contributed by atoms with van der Waals surface area (Å²) in [7, 11) is 0. The van der Waals surface area contributed by atoms with Crippen LogP contribution in [0.15, 0.2) is 18.2 Å². The molecule has 2 aromatic rings. The number of hydrogen-bond acceptors (Lipinski definition) is 7. The lowest BCUT2D eigenvalue weighted by molar-refractivity contribution is -0.286. The molecule has 0 radical (unpaired) electrons. The summed E-state index contributed by atoms with van der Waals surface area (Å²) in [4.78, 5) is 27.6. The Kier molecular flexibility index (Phi) is 5.37. The van der Waals surface area contributed by atoms with Crippen molar-refractivity contribution in [2.45, 2.75) is 6.29 Å². The summed E-state index contributed by atoms with van der Waals surface area (Å²) in [5.74, 6) is -2.30. The fourth-order valence-electron chi connectivity index (χ4n) is 2.09. The van der Waals surface area contributed by atoms with Crippen molar-refractivity contribution in [1.29, 1.82) is 0 Å². The second kappa shape index (κ2) is 7.46. The lowest BCUT2D eigenvalue weighted by Gasteiger charge is -2.10. The van der Waals surface area contributed by atoms with Crippen LogP contribution in [0.1, 0.15) is 10.5 Å². The van der Waals surface area contributed by atoms with E-state index in [-0.39, 0.29) is 38.1 Å². The Hall–Kier alpha value is -2.56. The SMILES string of the molecule is Nc1c(Cl)c(Cl)nc(C(=O)OCC(=O)Nc2ccc3c(c2)OC(F)(F)O3)c1Cl. The Morgan fingerprint density at radius 2 is 1.86 bits per heavy atom. The minimum atomic E-state index is -3.78. The first-order chi connectivity index (χ1) is 13.1. The molecule has 1 amide bonds. The molecule has 13 heteroatoms. The van der Waals surface area contributed by atoms with Gasteiger partial charge in [0, 0.05) is 11.8 Å². The third kappa shape index (κ3) is 4.13. The molecule has 3 rings (SSSR count). The van der Waals surface area contributed by atoms with Gasteiger partial charge in [0.05, 0.1) is 10.7 Å². The fraction of sp³-hybridized carbons (Fsp3) is 0.133. The highest BCUT2D eigenvalue weighted by Gasteiger charge is 2.43. The van der Waals surface area contributed by atoms with E-state index in [4.69, 9.17) is 45.3 Å². The molecular weight excluding hydrogens is 447 g/mol. The molecule has 0 unspecified atom stereocenters. The van der Waals surface area contributed by atoms with Gasteiger partial charge in [-0.05, 0) is 12.1 Å². The van der Waals surface area contributed by atoms with Crippen molar-refractivity contribution in [1.82, 2.24) is 4.98 Å². The Bertz CT molecular complexity index is 990. The summed E-state index contributed by atoms with van der Waals surface area (Å²) >= 11 is 17.3. The number of halogens is 5. The van der Waals surface area contributed by atoms with Crippen LogP contribution in [0.5, 0.6) is 11.5 Å². The molecule has 0 atom stereocenters. The monoisotopic (exact) mass is 453 g/mol. The number of aromatic nitrogens is 1. The molecule has 2 heterocycles. The average molecular weight is 455 g/mol. The lowest BCUT2D eigenvalue weighted by Crippen LogP contribution is -2.25. The Balaban J connectivity index is 1.62. The molecule has 28 heavy (non-hydrogen) atoms. The van der Waals surface area contributed by atoms with E-state index in [9.17, 15) is 18.4 Å². The van der Waals surface area contributed by atoms with Crippen LogP contribution in [0.3, 0.4) is 0 Å². The van der Waals surface area contributed by atoms with Crippen molar-refractivity contribution in [3.8, 4) is 11.5 Å². The van der Waals surface area contributed by atoms with E-state index in [1.165, 1.54) is 12.1 Å². The number of esters is 1. The molecule has 1 aromatic carbocycles. The Labute approximate surface area is 170 Å². The Morgan fingerprint density at radius 3 is 2.57 bits per heavy atom. The van der Waals surface area contributed by atoms with Gasteiger partial charge in [-0.15, -0.1) is 8.78 Å². The highest BCUT2D eigenvalue weighted by atomic mass is 35.5. The summed E-state index contributed by atoms with van der Waals surface area (Å²) in [5.41, 5.74) is 5.11. The molecule has 0 saturated heterocycles. The maximum atomic E-state index is 13.0. The standard InChI is InChI=1S/C15H8Cl3F2N3O5/c16-9-11(21)10(17)13(18)23-12(9)14(25)26-4-8(24)22-5-1-2-6-7(3-5)28-15(19,20)27-6/h1-3H,4H2,(H2,21,23)(H,22,24). The van der Waals surface area contributed by atoms with E-state index in [1.54, 1.807) is 0 Å². The summed E-state index contributed by atoms with van der Waals surface area (Å²) in [5, 5.41) is 1.65. The molecule has 148 valence electrons. The lowest BCUT2D eigenvalue weighted by atomic mass is 10.3. The maximum Gasteiger partial charge on any atom is 0.586 e. The summed E-state index contributed by atoms with van der Waals surface area (Å²) < 4.78 is 39.3. The number of amides is 1. The van der Waals surface area contributed by atoms with Crippen LogP contribution >= 0.6 is 34.8 Å². The van der Waals surface area contributed by atoms with Crippen LogP contribution in [0.4, 0.5) is 20.2 Å². The summed E-state index contributed by atoms with van der Waals surface area (Å²) in [6.45, 7) is -0.735. The second-order valence-corrected chi connectivity index (χ2v) is 6.36. The number of carbonyl (C=O) groups is 2. The number of rotatable bonds is 4. The zero-order valence-corrected chi connectivity index (χ0v) is 15.7. The number of ether oxygens (including phenoxy) is 3. The number of nitrogens with one attached hydrogen (secondary N) is 1. The zero-order valence-electron chi connectivity index (χ0n) is 13.4. The van der Waals surface area contributed by atoms with Crippen LogP contribution in [-0.4, -0.2) is 29.8 Å². The van der Waals surface area contributed by atoms with E-state index in [2.05, 4.69) is 19.8 Å². The van der Waals surface area contributed by atoms with Crippen LogP contribution in [0, 0.1) is 0 Å². The molecule has 0 fully saturated rings. The molecule has 1 aromatic heterocycles. The fourth-order valence-corrected chi connectivity index (χ4v) is 2.68. The molecule has 0 saturated carbocycles. The second-order valence-electron chi connectivity index (χ2n) is 5.25. The van der Waals surface area contributed by atoms with Gasteiger partial charge in [-0.3, -0.25) is 4.79 Å². The predicted molar refractivity (Wildman–Crippen MR) is 95.2 cm³/mol. The third-order valence-corrected chi connectivity index (χ3v) is 4.42. The van der Waals surface area contributed by atoms with E-state index in [0.717, 1.165) is 6.07 Å². The van der Waals surface area contributed by atoms with E-state index < -0.39 is 30.5 Å². The molecule has 1 aliphatic rings. The van der Waals surface area contributed by atoms with Crippen LogP contribution in [0.25, 0.3) is 0 Å². The molecule has 8 nitrogen and oxygen atoms in total. The van der Waals surface area contributed by atoms with Crippen molar-refractivity contribution < 1.29 is 32.6 Å². The van der Waals surface area contributed by atoms with Gasteiger partial charge in [-0.25, -0.2) is 9.78 Å². The molecular formula is C15H8Cl3F2N3O5. The van der Waals surface area contributed by atoms with E-state index in [0.29, 0.717) is 0 Å². The summed E-state index contributed by atoms with van der Waals surface area (Å²) in [6, 6.07) is 3.59. The number of benzene rings is 1. The molecule has 3 N–H and O–H groups in total. The van der Waals surface area contributed by atoms with Gasteiger partial charge in [-0.2, -0.15) is 0 Å². The number of alkyl halides is 2. The first-order valence-electron chi connectivity index (χ1n) is 7.24. The van der Waals surface area contributed by atoms with Gasteiger partial charge < -0.3 is 25.3 Å². The smallest absolute Gasteiger partial charge is 0.451 e. The number of pyridine rings is 1. The normalized spacial score (nSPS) is 13.9. The van der Waals surface area contributed by atoms with Crippen molar-refractivity contribution in [2.75, 3.05) is 17.7 Å². The summed E-state index contributed by atoms with van der Waals surface area (Å²) in [6.07, 6.45) is -3.78. The van der Waals surface area contributed by atoms with Crippen molar-refractivity contribution in [3.63, 3.8) is 0 Å². The number of hydrogen-bond donors (Lipinski definition) is 2. The number of fused-ring (bicyclic) bond motifs is 1. The van der Waals surface area contributed by atoms with Crippen molar-refractivity contribution >= 4 is 58.1 Å². The first kappa shape index (κ1) is 20.2. The topological polar surface area (TPSA) is 113 Å². The average Bonchev–Trinajstić information content (AvgIpc) is 2.94. The molecule has 0 spiro atoms. The molecule has 1 aliphatic heterocycles. The minimum absolute atomic E-state index is 0.107. The maximum absolute atomic E-state index is 13.0. The first-order valence-corrected chi connectivity index (χ1v) is 8.37. The quantitative estimate of drug-likeness (QED) is 0.534. The highest BCUT2D eigenvalue weighted by Crippen LogP contribution is 2.42. The number of nitrogens with two attached hydrogens (primary N) is 1. The number of nitrogen functional groups attached to an aromatic ring is 1.